The third kappa shape index (κ3) is 5.21. The Morgan fingerprint density at radius 3 is 2.46 bits per heavy atom. The number of thiazole rings is 1. The molecule has 0 saturated heterocycles. The van der Waals surface area contributed by atoms with Gasteiger partial charge >= 0.3 is 12.1 Å². The molecule has 5 rings (SSSR count). The number of ether oxygens (including phenoxy) is 2. The van der Waals surface area contributed by atoms with Crippen molar-refractivity contribution in [1.82, 2.24) is 9.88 Å². The monoisotopic (exact) mass is 502 g/mol. The molecule has 0 radical (unpaired) electrons. The first kappa shape index (κ1) is 23.8. The summed E-state index contributed by atoms with van der Waals surface area (Å²) >= 11 is 1.51. The number of carbonyl (C=O) groups excluding carboxylic acids is 1. The molecule has 0 spiro atoms. The minimum Gasteiger partial charge on any atom is -0.476 e. The molecule has 9 heteroatoms. The Hall–Kier alpha value is -2.91. The van der Waals surface area contributed by atoms with Gasteiger partial charge in [0.05, 0.1) is 12.7 Å². The van der Waals surface area contributed by atoms with Gasteiger partial charge in [0.1, 0.15) is 10.8 Å². The van der Waals surface area contributed by atoms with Gasteiger partial charge in [0.25, 0.3) is 0 Å². The van der Waals surface area contributed by atoms with Gasteiger partial charge in [0, 0.05) is 49.1 Å². The number of benzene rings is 2. The van der Waals surface area contributed by atoms with Crippen molar-refractivity contribution >= 4 is 17.3 Å². The normalized spacial score (nSPS) is 17.4. The molecule has 1 aliphatic heterocycles. The van der Waals surface area contributed by atoms with Crippen LogP contribution in [-0.4, -0.2) is 41.7 Å². The molecule has 2 aromatic carbocycles. The van der Waals surface area contributed by atoms with Crippen LogP contribution in [0.15, 0.2) is 48.7 Å². The van der Waals surface area contributed by atoms with Crippen molar-refractivity contribution in [3.63, 3.8) is 0 Å². The number of carbonyl (C=O) groups is 1. The van der Waals surface area contributed by atoms with Gasteiger partial charge in [-0.2, -0.15) is 13.2 Å². The molecule has 184 valence electrons. The lowest BCUT2D eigenvalue weighted by atomic mass is 10.0. The van der Waals surface area contributed by atoms with Gasteiger partial charge in [-0.15, -0.1) is 11.3 Å². The van der Waals surface area contributed by atoms with Crippen LogP contribution in [0.25, 0.3) is 10.6 Å². The molecule has 2 aliphatic rings. The van der Waals surface area contributed by atoms with Crippen molar-refractivity contribution in [3.8, 4) is 16.3 Å². The van der Waals surface area contributed by atoms with E-state index in [2.05, 4.69) is 16.0 Å². The Labute approximate surface area is 205 Å². The van der Waals surface area contributed by atoms with E-state index in [9.17, 15) is 18.0 Å². The SMILES string of the molecule is COC(=O)C1(Oc2ccc3c(c2)CCN(Cc2cnc(-c4ccc(C(F)(F)F)cc4)s2)CC3)CC1. The van der Waals surface area contributed by atoms with Crippen LogP contribution in [-0.2, 0) is 35.1 Å². The summed E-state index contributed by atoms with van der Waals surface area (Å²) in [4.78, 5) is 19.9. The smallest absolute Gasteiger partial charge is 0.416 e. The molecule has 2 heterocycles. The average Bonchev–Trinajstić information content (AvgIpc) is 3.53. The zero-order chi connectivity index (χ0) is 24.6. The topological polar surface area (TPSA) is 51.7 Å². The second-order valence-corrected chi connectivity index (χ2v) is 10.1. The molecule has 5 nitrogen and oxygen atoms in total. The van der Waals surface area contributed by atoms with Crippen LogP contribution in [0.1, 0.15) is 34.4 Å². The summed E-state index contributed by atoms with van der Waals surface area (Å²) in [6.07, 6.45) is 0.584. The van der Waals surface area contributed by atoms with E-state index < -0.39 is 17.3 Å². The lowest BCUT2D eigenvalue weighted by molar-refractivity contribution is -0.151. The van der Waals surface area contributed by atoms with Gasteiger partial charge in [0.15, 0.2) is 0 Å². The highest BCUT2D eigenvalue weighted by Gasteiger charge is 2.54. The van der Waals surface area contributed by atoms with E-state index in [1.807, 2.05) is 18.3 Å². The van der Waals surface area contributed by atoms with Crippen LogP contribution in [0.4, 0.5) is 13.2 Å². The maximum Gasteiger partial charge on any atom is 0.416 e. The molecule has 1 saturated carbocycles. The molecule has 3 aromatic rings. The van der Waals surface area contributed by atoms with E-state index in [1.165, 1.54) is 41.7 Å². The van der Waals surface area contributed by atoms with E-state index in [-0.39, 0.29) is 5.97 Å². The summed E-state index contributed by atoms with van der Waals surface area (Å²) in [5.41, 5.74) is 1.70. The number of hydrogen-bond donors (Lipinski definition) is 0. The number of hydrogen-bond acceptors (Lipinski definition) is 6. The molecule has 0 bridgehead atoms. The van der Waals surface area contributed by atoms with Crippen molar-refractivity contribution in [2.45, 2.75) is 44.0 Å². The first-order chi connectivity index (χ1) is 16.8. The highest BCUT2D eigenvalue weighted by atomic mass is 32.1. The van der Waals surface area contributed by atoms with Gasteiger partial charge in [-0.3, -0.25) is 4.90 Å². The van der Waals surface area contributed by atoms with Gasteiger partial charge in [0.2, 0.25) is 5.60 Å². The van der Waals surface area contributed by atoms with Crippen molar-refractivity contribution in [2.75, 3.05) is 20.2 Å². The number of fused-ring (bicyclic) bond motifs is 1. The van der Waals surface area contributed by atoms with E-state index in [0.717, 1.165) is 49.5 Å². The Balaban J connectivity index is 1.21. The van der Waals surface area contributed by atoms with E-state index in [1.54, 1.807) is 0 Å². The molecular weight excluding hydrogens is 477 g/mol. The second-order valence-electron chi connectivity index (χ2n) is 9.00. The third-order valence-electron chi connectivity index (χ3n) is 6.54. The minimum atomic E-state index is -4.34. The molecule has 1 fully saturated rings. The van der Waals surface area contributed by atoms with Gasteiger partial charge in [-0.25, -0.2) is 9.78 Å². The highest BCUT2D eigenvalue weighted by Crippen LogP contribution is 2.42. The van der Waals surface area contributed by atoms with Gasteiger partial charge in [-0.05, 0) is 48.2 Å². The summed E-state index contributed by atoms with van der Waals surface area (Å²) in [6.45, 7) is 2.50. The van der Waals surface area contributed by atoms with Gasteiger partial charge < -0.3 is 9.47 Å². The first-order valence-corrected chi connectivity index (χ1v) is 12.3. The summed E-state index contributed by atoms with van der Waals surface area (Å²) in [5, 5.41) is 0.716. The molecule has 0 amide bonds. The number of esters is 1. The minimum absolute atomic E-state index is 0.321. The van der Waals surface area contributed by atoms with Crippen molar-refractivity contribution < 1.29 is 27.4 Å². The number of nitrogens with zero attached hydrogens (tertiary/aromatic N) is 2. The number of aromatic nitrogens is 1. The van der Waals surface area contributed by atoms with Gasteiger partial charge in [-0.1, -0.05) is 18.2 Å². The summed E-state index contributed by atoms with van der Waals surface area (Å²) in [5.74, 6) is 0.377. The predicted molar refractivity (Wildman–Crippen MR) is 126 cm³/mol. The fraction of sp³-hybridized carbons (Fsp3) is 0.385. The first-order valence-electron chi connectivity index (χ1n) is 11.5. The number of rotatable bonds is 6. The maximum atomic E-state index is 12.8. The summed E-state index contributed by atoms with van der Waals surface area (Å²) in [6, 6.07) is 11.2. The van der Waals surface area contributed by atoms with Crippen LogP contribution < -0.4 is 4.74 Å². The Kier molecular flexibility index (Phi) is 6.31. The second kappa shape index (κ2) is 9.28. The molecule has 0 N–H and O–H groups in total. The zero-order valence-corrected chi connectivity index (χ0v) is 20.0. The van der Waals surface area contributed by atoms with E-state index in [4.69, 9.17) is 9.47 Å². The number of halogens is 3. The van der Waals surface area contributed by atoms with Crippen LogP contribution in [0.5, 0.6) is 5.75 Å². The molecular formula is C26H25F3N2O3S. The lowest BCUT2D eigenvalue weighted by Crippen LogP contribution is -2.30. The average molecular weight is 503 g/mol. The number of alkyl halides is 3. The Morgan fingerprint density at radius 1 is 1.09 bits per heavy atom. The zero-order valence-electron chi connectivity index (χ0n) is 19.2. The third-order valence-corrected chi connectivity index (χ3v) is 7.57. The van der Waals surface area contributed by atoms with Crippen LogP contribution >= 0.6 is 11.3 Å². The lowest BCUT2D eigenvalue weighted by Gasteiger charge is -2.18. The molecule has 1 aromatic heterocycles. The Bertz CT molecular complexity index is 1220. The summed E-state index contributed by atoms with van der Waals surface area (Å²) < 4.78 is 49.3. The van der Waals surface area contributed by atoms with Crippen LogP contribution in [0, 0.1) is 0 Å². The highest BCUT2D eigenvalue weighted by molar-refractivity contribution is 7.15. The number of methoxy groups -OCH3 is 1. The molecule has 35 heavy (non-hydrogen) atoms. The standard InChI is InChI=1S/C26H25F3N2O3S/c1-33-24(32)25(10-11-25)34-21-7-4-17-8-12-31(13-9-19(17)14-21)16-22-15-30-23(35-22)18-2-5-20(6-3-18)26(27,28)29/h2-7,14-15H,8-13,16H2,1H3. The fourth-order valence-electron chi connectivity index (χ4n) is 4.38. The maximum absolute atomic E-state index is 12.8. The Morgan fingerprint density at radius 2 is 1.80 bits per heavy atom. The van der Waals surface area contributed by atoms with Crippen LogP contribution in [0.3, 0.4) is 0 Å². The van der Waals surface area contributed by atoms with E-state index in [0.29, 0.717) is 29.2 Å². The quantitative estimate of drug-likeness (QED) is 0.416. The van der Waals surface area contributed by atoms with E-state index >= 15 is 0 Å². The molecule has 0 atom stereocenters. The van der Waals surface area contributed by atoms with Crippen molar-refractivity contribution in [2.24, 2.45) is 0 Å². The summed E-state index contributed by atoms with van der Waals surface area (Å²) in [7, 11) is 1.38. The van der Waals surface area contributed by atoms with Crippen molar-refractivity contribution in [3.05, 3.63) is 70.2 Å². The van der Waals surface area contributed by atoms with Crippen LogP contribution in [0.2, 0.25) is 0 Å². The van der Waals surface area contributed by atoms with Crippen molar-refractivity contribution in [1.29, 1.82) is 0 Å². The molecule has 1 aliphatic carbocycles. The predicted octanol–water partition coefficient (Wildman–Crippen LogP) is 5.51. The largest absolute Gasteiger partial charge is 0.476 e. The fourth-order valence-corrected chi connectivity index (χ4v) is 5.34. The molecule has 0 unspecified atom stereocenters.